The molecule has 0 N–H and O–H groups in total. The highest BCUT2D eigenvalue weighted by Gasteiger charge is 2.13. The summed E-state index contributed by atoms with van der Waals surface area (Å²) < 4.78 is 0. The van der Waals surface area contributed by atoms with Crippen molar-refractivity contribution in [2.45, 2.75) is 0 Å². The van der Waals surface area contributed by atoms with Gasteiger partial charge in [-0.05, 0) is 34.0 Å². The first-order chi connectivity index (χ1) is 14.9. The van der Waals surface area contributed by atoms with E-state index in [1.165, 1.54) is 26.9 Å². The number of fused-ring (bicyclic) bond motifs is 5. The Balaban J connectivity index is 1.64. The molecule has 2 aromatic heterocycles. The van der Waals surface area contributed by atoms with Gasteiger partial charge in [0.25, 0.3) is 0 Å². The largest absolute Gasteiger partial charge is 0.264 e. The number of nitrogens with zero attached hydrogens (tertiary/aromatic N) is 2. The van der Waals surface area contributed by atoms with Crippen LogP contribution in [0.4, 0.5) is 0 Å². The number of rotatable bonds is 2. The van der Waals surface area contributed by atoms with Crippen LogP contribution in [0.3, 0.4) is 0 Å². The van der Waals surface area contributed by atoms with Gasteiger partial charge in [-0.2, -0.15) is 0 Å². The molecule has 0 aliphatic carbocycles. The van der Waals surface area contributed by atoms with E-state index < -0.39 is 0 Å². The fraction of sp³-hybridized carbons (Fsp3) is 0. The summed E-state index contributed by atoms with van der Waals surface area (Å²) in [6.45, 7) is 0. The van der Waals surface area contributed by atoms with Crippen molar-refractivity contribution >= 4 is 32.4 Å². The molecule has 140 valence electrons. The highest BCUT2D eigenvalue weighted by atomic mass is 14.7. The van der Waals surface area contributed by atoms with E-state index in [1.54, 1.807) is 6.20 Å². The third-order valence-electron chi connectivity index (χ3n) is 5.74. The molecule has 0 spiro atoms. The molecule has 0 fully saturated rings. The number of para-hydroxylation sites is 1. The van der Waals surface area contributed by atoms with Crippen LogP contribution in [-0.2, 0) is 0 Å². The summed E-state index contributed by atoms with van der Waals surface area (Å²) in [5.41, 5.74) is 5.43. The molecule has 2 heterocycles. The van der Waals surface area contributed by atoms with E-state index in [9.17, 15) is 0 Å². The number of pyridine rings is 2. The zero-order chi connectivity index (χ0) is 19.9. The molecule has 0 atom stereocenters. The molecular formula is C28H18N2. The van der Waals surface area contributed by atoms with E-state index in [2.05, 4.69) is 96.0 Å². The average molecular weight is 382 g/mol. The summed E-state index contributed by atoms with van der Waals surface area (Å²) in [4.78, 5) is 9.30. The third kappa shape index (κ3) is 2.66. The Kier molecular flexibility index (Phi) is 3.82. The van der Waals surface area contributed by atoms with Gasteiger partial charge in [-0.1, -0.05) is 84.9 Å². The average Bonchev–Trinajstić information content (AvgIpc) is 2.84. The van der Waals surface area contributed by atoms with Crippen LogP contribution < -0.4 is 0 Å². The summed E-state index contributed by atoms with van der Waals surface area (Å²) in [6, 6.07) is 34.1. The lowest BCUT2D eigenvalue weighted by atomic mass is 9.94. The molecule has 2 heteroatoms. The summed E-state index contributed by atoms with van der Waals surface area (Å²) in [6.07, 6.45) is 3.69. The predicted octanol–water partition coefficient (Wildman–Crippen LogP) is 7.27. The molecule has 6 aromatic rings. The van der Waals surface area contributed by atoms with Crippen molar-refractivity contribution in [2.24, 2.45) is 0 Å². The Labute approximate surface area is 174 Å². The zero-order valence-corrected chi connectivity index (χ0v) is 16.3. The van der Waals surface area contributed by atoms with Crippen LogP contribution in [0.5, 0.6) is 0 Å². The van der Waals surface area contributed by atoms with Crippen LogP contribution in [0.15, 0.2) is 109 Å². The number of hydrogen-bond acceptors (Lipinski definition) is 2. The van der Waals surface area contributed by atoms with Crippen molar-refractivity contribution in [3.63, 3.8) is 0 Å². The first-order valence-electron chi connectivity index (χ1n) is 10.1. The van der Waals surface area contributed by atoms with Crippen LogP contribution in [-0.4, -0.2) is 9.97 Å². The molecule has 0 unspecified atom stereocenters. The minimum absolute atomic E-state index is 1.02. The summed E-state index contributed by atoms with van der Waals surface area (Å²) in [5, 5.41) is 6.16. The summed E-state index contributed by atoms with van der Waals surface area (Å²) in [7, 11) is 0. The van der Waals surface area contributed by atoms with Gasteiger partial charge < -0.3 is 0 Å². The zero-order valence-electron chi connectivity index (χ0n) is 16.3. The molecule has 0 saturated heterocycles. The topological polar surface area (TPSA) is 25.8 Å². The summed E-state index contributed by atoms with van der Waals surface area (Å²) in [5.74, 6) is 0. The van der Waals surface area contributed by atoms with Crippen LogP contribution in [0.25, 0.3) is 54.8 Å². The van der Waals surface area contributed by atoms with E-state index in [0.29, 0.717) is 0 Å². The van der Waals surface area contributed by atoms with Crippen molar-refractivity contribution in [1.29, 1.82) is 0 Å². The van der Waals surface area contributed by atoms with Gasteiger partial charge in [-0.15, -0.1) is 0 Å². The van der Waals surface area contributed by atoms with Gasteiger partial charge in [-0.3, -0.25) is 4.98 Å². The Morgan fingerprint density at radius 2 is 1.27 bits per heavy atom. The number of benzene rings is 4. The van der Waals surface area contributed by atoms with Crippen LogP contribution >= 0.6 is 0 Å². The molecular weight excluding hydrogens is 364 g/mol. The van der Waals surface area contributed by atoms with Crippen LogP contribution in [0.1, 0.15) is 0 Å². The van der Waals surface area contributed by atoms with Crippen molar-refractivity contribution in [2.75, 3.05) is 0 Å². The second-order valence-corrected chi connectivity index (χ2v) is 7.51. The molecule has 6 rings (SSSR count). The smallest absolute Gasteiger partial charge is 0.0788 e. The quantitative estimate of drug-likeness (QED) is 0.294. The standard InChI is InChI=1S/C28H18N2/c1-2-8-23-20(6-1)15-16-25-27(23)24-9-3-4-10-26(24)30-28(25)21-13-11-19(12-14-21)22-7-5-17-29-18-22/h1-18H. The van der Waals surface area contributed by atoms with Gasteiger partial charge in [-0.25, -0.2) is 4.98 Å². The van der Waals surface area contributed by atoms with Gasteiger partial charge in [0, 0.05) is 34.1 Å². The van der Waals surface area contributed by atoms with Crippen LogP contribution in [0.2, 0.25) is 0 Å². The SMILES string of the molecule is c1cncc(-c2ccc(-c3nc4ccccc4c4c3ccc3ccccc34)cc2)c1. The van der Waals surface area contributed by atoms with Crippen molar-refractivity contribution in [3.8, 4) is 22.4 Å². The van der Waals surface area contributed by atoms with Crippen molar-refractivity contribution in [3.05, 3.63) is 109 Å². The van der Waals surface area contributed by atoms with Gasteiger partial charge in [0.1, 0.15) is 0 Å². The van der Waals surface area contributed by atoms with Gasteiger partial charge in [0.05, 0.1) is 11.2 Å². The molecule has 0 saturated carbocycles. The molecule has 0 aliphatic heterocycles. The monoisotopic (exact) mass is 382 g/mol. The summed E-state index contributed by atoms with van der Waals surface area (Å²) >= 11 is 0. The maximum Gasteiger partial charge on any atom is 0.0788 e. The van der Waals surface area contributed by atoms with E-state index in [-0.39, 0.29) is 0 Å². The van der Waals surface area contributed by atoms with Crippen molar-refractivity contribution in [1.82, 2.24) is 9.97 Å². The minimum Gasteiger partial charge on any atom is -0.264 e. The van der Waals surface area contributed by atoms with E-state index in [4.69, 9.17) is 4.98 Å². The first-order valence-corrected chi connectivity index (χ1v) is 10.1. The molecule has 0 bridgehead atoms. The fourth-order valence-corrected chi connectivity index (χ4v) is 4.30. The Morgan fingerprint density at radius 1 is 0.500 bits per heavy atom. The fourth-order valence-electron chi connectivity index (χ4n) is 4.30. The maximum atomic E-state index is 5.07. The van der Waals surface area contributed by atoms with Gasteiger partial charge >= 0.3 is 0 Å². The lowest BCUT2D eigenvalue weighted by molar-refractivity contribution is 1.33. The molecule has 0 radical (unpaired) electrons. The molecule has 30 heavy (non-hydrogen) atoms. The van der Waals surface area contributed by atoms with Gasteiger partial charge in [0.15, 0.2) is 0 Å². The predicted molar refractivity (Wildman–Crippen MR) is 125 cm³/mol. The normalized spacial score (nSPS) is 11.3. The minimum atomic E-state index is 1.02. The van der Waals surface area contributed by atoms with Crippen LogP contribution in [0, 0.1) is 0 Å². The molecule has 0 amide bonds. The maximum absolute atomic E-state index is 5.07. The molecule has 4 aromatic carbocycles. The van der Waals surface area contributed by atoms with E-state index in [0.717, 1.165) is 27.9 Å². The van der Waals surface area contributed by atoms with Crippen molar-refractivity contribution < 1.29 is 0 Å². The molecule has 2 nitrogen and oxygen atoms in total. The highest BCUT2D eigenvalue weighted by Crippen LogP contribution is 2.37. The third-order valence-corrected chi connectivity index (χ3v) is 5.74. The van der Waals surface area contributed by atoms with E-state index in [1.807, 2.05) is 12.3 Å². The Bertz CT molecular complexity index is 1500. The number of aromatic nitrogens is 2. The first kappa shape index (κ1) is 16.9. The van der Waals surface area contributed by atoms with E-state index >= 15 is 0 Å². The Morgan fingerprint density at radius 3 is 2.10 bits per heavy atom. The molecule has 0 aliphatic rings. The Hall–Kier alpha value is -4.04. The highest BCUT2D eigenvalue weighted by molar-refractivity contribution is 6.22. The second-order valence-electron chi connectivity index (χ2n) is 7.51. The van der Waals surface area contributed by atoms with Gasteiger partial charge in [0.2, 0.25) is 0 Å². The second kappa shape index (κ2) is 6.78. The lowest BCUT2D eigenvalue weighted by Crippen LogP contribution is -1.91. The number of hydrogen-bond donors (Lipinski definition) is 0. The lowest BCUT2D eigenvalue weighted by Gasteiger charge is -2.13.